The Morgan fingerprint density at radius 2 is 2.00 bits per heavy atom. The third-order valence-corrected chi connectivity index (χ3v) is 1.86. The van der Waals surface area contributed by atoms with Gasteiger partial charge in [0.1, 0.15) is 5.60 Å². The fourth-order valence-corrected chi connectivity index (χ4v) is 1.25. The minimum Gasteiger partial charge on any atom is -1.00 e. The zero-order valence-electron chi connectivity index (χ0n) is 10.6. The van der Waals surface area contributed by atoms with E-state index in [1.165, 1.54) is 6.21 Å². The first kappa shape index (κ1) is 16.4. The predicted molar refractivity (Wildman–Crippen MR) is 61.9 cm³/mol. The Bertz CT molecular complexity index is 410. The van der Waals surface area contributed by atoms with Gasteiger partial charge in [-0.05, 0) is 20.8 Å². The van der Waals surface area contributed by atoms with Crippen LogP contribution in [0.4, 0.5) is 0 Å². The maximum Gasteiger partial charge on any atom is 0.373 e. The second-order valence-electron chi connectivity index (χ2n) is 4.63. The minimum absolute atomic E-state index is 0. The number of pyridine rings is 1. The van der Waals surface area contributed by atoms with E-state index in [2.05, 4.69) is 5.16 Å². The average molecular weight is 273 g/mol. The van der Waals surface area contributed by atoms with Crippen LogP contribution in [0.15, 0.2) is 29.7 Å². The highest BCUT2D eigenvalue weighted by Gasteiger charge is 2.19. The van der Waals surface area contributed by atoms with E-state index in [0.29, 0.717) is 0 Å². The van der Waals surface area contributed by atoms with Gasteiger partial charge in [-0.3, -0.25) is 0 Å². The SMILES string of the molecule is CC(C)(C)OC(=O)C[n+]1ccc(/C=N/O)cc1.[Cl-]. The number of hydrogen-bond donors (Lipinski definition) is 1. The van der Waals surface area contributed by atoms with Crippen molar-refractivity contribution in [3.8, 4) is 0 Å². The normalized spacial score (nSPS) is 11.1. The van der Waals surface area contributed by atoms with Crippen molar-refractivity contribution in [3.63, 3.8) is 0 Å². The van der Waals surface area contributed by atoms with Crippen molar-refractivity contribution in [2.24, 2.45) is 5.16 Å². The van der Waals surface area contributed by atoms with Gasteiger partial charge in [-0.25, -0.2) is 4.79 Å². The molecule has 0 atom stereocenters. The second-order valence-corrected chi connectivity index (χ2v) is 4.63. The Kier molecular flexibility index (Phi) is 6.33. The lowest BCUT2D eigenvalue weighted by molar-refractivity contribution is -0.686. The molecule has 0 radical (unpaired) electrons. The molecule has 0 aliphatic rings. The average Bonchev–Trinajstić information content (AvgIpc) is 2.18. The first-order valence-corrected chi connectivity index (χ1v) is 5.29. The molecule has 6 heteroatoms. The molecule has 0 unspecified atom stereocenters. The number of oxime groups is 1. The molecule has 0 aliphatic heterocycles. The lowest BCUT2D eigenvalue weighted by atomic mass is 10.2. The standard InChI is InChI=1S/C12H16N2O3.ClH/c1-12(2,3)17-11(15)9-14-6-4-10(5-7-14)8-13-16;/h4-8H,9H2,1-3H3;1H. The molecular formula is C12H17ClN2O3. The van der Waals surface area contributed by atoms with E-state index in [9.17, 15) is 4.79 Å². The second kappa shape index (κ2) is 6.96. The first-order valence-electron chi connectivity index (χ1n) is 5.29. The highest BCUT2D eigenvalue weighted by atomic mass is 35.5. The fourth-order valence-electron chi connectivity index (χ4n) is 1.25. The maximum absolute atomic E-state index is 11.5. The van der Waals surface area contributed by atoms with Crippen LogP contribution in [-0.4, -0.2) is 23.0 Å². The van der Waals surface area contributed by atoms with Crippen LogP contribution in [0.1, 0.15) is 26.3 Å². The van der Waals surface area contributed by atoms with Gasteiger partial charge in [-0.1, -0.05) is 5.16 Å². The molecule has 0 amide bonds. The van der Waals surface area contributed by atoms with Gasteiger partial charge < -0.3 is 22.4 Å². The Morgan fingerprint density at radius 3 is 2.44 bits per heavy atom. The molecular weight excluding hydrogens is 256 g/mol. The van der Waals surface area contributed by atoms with Crippen molar-refractivity contribution in [1.29, 1.82) is 0 Å². The molecule has 0 fully saturated rings. The summed E-state index contributed by atoms with van der Waals surface area (Å²) in [5.74, 6) is -0.286. The summed E-state index contributed by atoms with van der Waals surface area (Å²) in [4.78, 5) is 11.5. The van der Waals surface area contributed by atoms with Crippen LogP contribution in [0.25, 0.3) is 0 Å². The summed E-state index contributed by atoms with van der Waals surface area (Å²) in [5, 5.41) is 11.3. The third kappa shape index (κ3) is 6.20. The van der Waals surface area contributed by atoms with Crippen LogP contribution in [-0.2, 0) is 16.1 Å². The van der Waals surface area contributed by atoms with Crippen LogP contribution in [0.3, 0.4) is 0 Å². The van der Waals surface area contributed by atoms with E-state index in [4.69, 9.17) is 9.94 Å². The van der Waals surface area contributed by atoms with Crippen molar-refractivity contribution in [2.45, 2.75) is 32.9 Å². The summed E-state index contributed by atoms with van der Waals surface area (Å²) in [6.45, 7) is 5.65. The number of ether oxygens (including phenoxy) is 1. The Labute approximate surface area is 112 Å². The molecule has 0 aromatic carbocycles. The number of carbonyl (C=O) groups excluding carboxylic acids is 1. The highest BCUT2D eigenvalue weighted by Crippen LogP contribution is 2.06. The largest absolute Gasteiger partial charge is 1.00 e. The summed E-state index contributed by atoms with van der Waals surface area (Å²) in [7, 11) is 0. The van der Waals surface area contributed by atoms with Crippen molar-refractivity contribution in [3.05, 3.63) is 30.1 Å². The maximum atomic E-state index is 11.5. The van der Waals surface area contributed by atoms with Crippen LogP contribution < -0.4 is 17.0 Å². The van der Waals surface area contributed by atoms with Crippen LogP contribution >= 0.6 is 0 Å². The van der Waals surface area contributed by atoms with Crippen molar-refractivity contribution < 1.29 is 31.7 Å². The fraction of sp³-hybridized carbons (Fsp3) is 0.417. The molecule has 0 saturated heterocycles. The van der Waals surface area contributed by atoms with Gasteiger partial charge in [-0.15, -0.1) is 0 Å². The number of aromatic nitrogens is 1. The van der Waals surface area contributed by atoms with Gasteiger partial charge in [-0.2, -0.15) is 4.57 Å². The number of halogens is 1. The molecule has 1 aromatic rings. The molecule has 0 aliphatic carbocycles. The van der Waals surface area contributed by atoms with E-state index in [-0.39, 0.29) is 24.9 Å². The quantitative estimate of drug-likeness (QED) is 0.231. The number of hydrogen-bond acceptors (Lipinski definition) is 4. The highest BCUT2D eigenvalue weighted by molar-refractivity contribution is 5.78. The van der Waals surface area contributed by atoms with Gasteiger partial charge in [0, 0.05) is 17.7 Å². The number of esters is 1. The first-order chi connectivity index (χ1) is 7.90. The molecule has 0 bridgehead atoms. The van der Waals surface area contributed by atoms with E-state index in [1.54, 1.807) is 29.1 Å². The van der Waals surface area contributed by atoms with Crippen molar-refractivity contribution >= 4 is 12.2 Å². The van der Waals surface area contributed by atoms with E-state index in [1.807, 2.05) is 20.8 Å². The monoisotopic (exact) mass is 272 g/mol. The van der Waals surface area contributed by atoms with E-state index < -0.39 is 5.60 Å². The molecule has 100 valence electrons. The summed E-state index contributed by atoms with van der Waals surface area (Å²) < 4.78 is 6.89. The Balaban J connectivity index is 0.00000289. The minimum atomic E-state index is -0.471. The topological polar surface area (TPSA) is 62.8 Å². The summed E-state index contributed by atoms with van der Waals surface area (Å²) >= 11 is 0. The lowest BCUT2D eigenvalue weighted by Gasteiger charge is -2.18. The van der Waals surface area contributed by atoms with Crippen LogP contribution in [0, 0.1) is 0 Å². The van der Waals surface area contributed by atoms with E-state index in [0.717, 1.165) is 5.56 Å². The molecule has 1 N–H and O–H groups in total. The van der Waals surface area contributed by atoms with Gasteiger partial charge in [0.25, 0.3) is 0 Å². The Hall–Kier alpha value is -1.62. The number of rotatable bonds is 3. The van der Waals surface area contributed by atoms with Crippen molar-refractivity contribution in [1.82, 2.24) is 0 Å². The summed E-state index contributed by atoms with van der Waals surface area (Å²) in [6, 6.07) is 3.48. The molecule has 1 rings (SSSR count). The third-order valence-electron chi connectivity index (χ3n) is 1.86. The number of nitrogens with zero attached hydrogens (tertiary/aromatic N) is 2. The van der Waals surface area contributed by atoms with Crippen LogP contribution in [0.5, 0.6) is 0 Å². The molecule has 0 spiro atoms. The molecule has 18 heavy (non-hydrogen) atoms. The van der Waals surface area contributed by atoms with E-state index >= 15 is 0 Å². The molecule has 1 heterocycles. The molecule has 0 saturated carbocycles. The van der Waals surface area contributed by atoms with Crippen molar-refractivity contribution in [2.75, 3.05) is 0 Å². The van der Waals surface area contributed by atoms with Crippen LogP contribution in [0.2, 0.25) is 0 Å². The molecule has 5 nitrogen and oxygen atoms in total. The van der Waals surface area contributed by atoms with Gasteiger partial charge in [0.2, 0.25) is 6.54 Å². The zero-order chi connectivity index (χ0) is 12.9. The van der Waals surface area contributed by atoms with Gasteiger partial charge in [0.15, 0.2) is 12.4 Å². The smallest absolute Gasteiger partial charge is 0.373 e. The summed E-state index contributed by atoms with van der Waals surface area (Å²) in [5.41, 5.74) is 0.286. The van der Waals surface area contributed by atoms with Gasteiger partial charge in [0.05, 0.1) is 6.21 Å². The zero-order valence-corrected chi connectivity index (χ0v) is 11.4. The number of carbonyl (C=O) groups is 1. The lowest BCUT2D eigenvalue weighted by Crippen LogP contribution is -3.00. The molecule has 1 aromatic heterocycles. The summed E-state index contributed by atoms with van der Waals surface area (Å²) in [6.07, 6.45) is 4.76. The van der Waals surface area contributed by atoms with Gasteiger partial charge >= 0.3 is 5.97 Å². The Morgan fingerprint density at radius 1 is 1.44 bits per heavy atom. The predicted octanol–water partition coefficient (Wildman–Crippen LogP) is -1.87.